The molecule has 1 atom stereocenters. The molecule has 6 nitrogen and oxygen atoms in total. The molecular weight excluding hydrogens is 311 g/mol. The van der Waals surface area contributed by atoms with Crippen LogP contribution in [-0.4, -0.2) is 26.7 Å². The van der Waals surface area contributed by atoms with Gasteiger partial charge < -0.3 is 14.3 Å². The number of carbonyl (C=O) groups is 1. The maximum absolute atomic E-state index is 13.8. The van der Waals surface area contributed by atoms with E-state index in [0.717, 1.165) is 24.5 Å². The van der Waals surface area contributed by atoms with Crippen LogP contribution in [0.4, 0.5) is 4.39 Å². The predicted molar refractivity (Wildman–Crippen MR) is 85.2 cm³/mol. The van der Waals surface area contributed by atoms with Crippen LogP contribution in [0.3, 0.4) is 0 Å². The van der Waals surface area contributed by atoms with Gasteiger partial charge in [0.1, 0.15) is 11.6 Å². The van der Waals surface area contributed by atoms with E-state index in [0.29, 0.717) is 17.5 Å². The predicted octanol–water partition coefficient (Wildman–Crippen LogP) is 2.53. The second-order valence-corrected chi connectivity index (χ2v) is 6.16. The molecule has 1 aliphatic rings. The van der Waals surface area contributed by atoms with Crippen molar-refractivity contribution < 1.29 is 13.6 Å². The summed E-state index contributed by atoms with van der Waals surface area (Å²) in [5.41, 5.74) is 0.778. The molecule has 0 saturated heterocycles. The fourth-order valence-corrected chi connectivity index (χ4v) is 3.26. The monoisotopic (exact) mass is 328 g/mol. The zero-order valence-corrected chi connectivity index (χ0v) is 13.5. The number of hydrogen-bond acceptors (Lipinski definition) is 4. The highest BCUT2D eigenvalue weighted by atomic mass is 19.1. The zero-order chi connectivity index (χ0) is 16.8. The van der Waals surface area contributed by atoms with Gasteiger partial charge in [0.2, 0.25) is 0 Å². The Labute approximate surface area is 137 Å². The van der Waals surface area contributed by atoms with E-state index in [1.807, 2.05) is 11.5 Å². The minimum atomic E-state index is -0.461. The molecule has 0 spiro atoms. The lowest BCUT2D eigenvalue weighted by molar-refractivity contribution is 0.0900. The van der Waals surface area contributed by atoms with Gasteiger partial charge in [0.05, 0.1) is 0 Å². The number of halogens is 1. The summed E-state index contributed by atoms with van der Waals surface area (Å²) in [5, 5.41) is 11.8. The summed E-state index contributed by atoms with van der Waals surface area (Å²) in [5.74, 6) is 1.17. The molecule has 3 aromatic rings. The molecule has 0 aliphatic carbocycles. The van der Waals surface area contributed by atoms with Crippen LogP contribution in [0.15, 0.2) is 22.6 Å². The number of fused-ring (bicyclic) bond motifs is 2. The highest BCUT2D eigenvalue weighted by molar-refractivity contribution is 5.99. The number of aryl methyl sites for hydroxylation is 3. The Hall–Kier alpha value is -2.70. The third-order valence-corrected chi connectivity index (χ3v) is 4.59. The van der Waals surface area contributed by atoms with Crippen molar-refractivity contribution in [3.63, 3.8) is 0 Å². The number of amides is 1. The van der Waals surface area contributed by atoms with Crippen molar-refractivity contribution >= 4 is 16.9 Å². The molecule has 124 valence electrons. The molecule has 3 heterocycles. The number of aromatic nitrogens is 3. The van der Waals surface area contributed by atoms with Crippen LogP contribution in [-0.2, 0) is 13.0 Å². The molecule has 0 saturated carbocycles. The summed E-state index contributed by atoms with van der Waals surface area (Å²) >= 11 is 0. The first-order valence-electron chi connectivity index (χ1n) is 7.91. The van der Waals surface area contributed by atoms with Crippen LogP contribution in [0.5, 0.6) is 0 Å². The summed E-state index contributed by atoms with van der Waals surface area (Å²) in [6.07, 6.45) is 1.55. The molecule has 1 N–H and O–H groups in total. The molecule has 1 aromatic carbocycles. The van der Waals surface area contributed by atoms with Crippen LogP contribution in [0, 0.1) is 19.7 Å². The largest absolute Gasteiger partial charge is 0.448 e. The van der Waals surface area contributed by atoms with Gasteiger partial charge in [-0.05, 0) is 26.3 Å². The van der Waals surface area contributed by atoms with Gasteiger partial charge in [-0.25, -0.2) is 4.39 Å². The van der Waals surface area contributed by atoms with Gasteiger partial charge in [0, 0.05) is 30.0 Å². The molecule has 7 heteroatoms. The Morgan fingerprint density at radius 2 is 2.21 bits per heavy atom. The summed E-state index contributed by atoms with van der Waals surface area (Å²) in [7, 11) is 0. The van der Waals surface area contributed by atoms with E-state index in [4.69, 9.17) is 4.42 Å². The second kappa shape index (κ2) is 5.43. The van der Waals surface area contributed by atoms with Crippen molar-refractivity contribution in [2.24, 2.45) is 0 Å². The second-order valence-electron chi connectivity index (χ2n) is 6.16. The number of hydrogen-bond donors (Lipinski definition) is 1. The van der Waals surface area contributed by atoms with Gasteiger partial charge in [0.25, 0.3) is 5.91 Å². The fourth-order valence-electron chi connectivity index (χ4n) is 3.26. The van der Waals surface area contributed by atoms with Gasteiger partial charge in [-0.1, -0.05) is 12.1 Å². The highest BCUT2D eigenvalue weighted by Crippen LogP contribution is 2.27. The Bertz CT molecular complexity index is 944. The summed E-state index contributed by atoms with van der Waals surface area (Å²) in [6.45, 7) is 4.30. The molecule has 24 heavy (non-hydrogen) atoms. The average Bonchev–Trinajstić information content (AvgIpc) is 3.10. The summed E-state index contributed by atoms with van der Waals surface area (Å²) in [6, 6.07) is 4.66. The van der Waals surface area contributed by atoms with Crippen molar-refractivity contribution in [2.45, 2.75) is 39.3 Å². The van der Waals surface area contributed by atoms with Gasteiger partial charge in [0.15, 0.2) is 17.2 Å². The van der Waals surface area contributed by atoms with E-state index in [1.165, 1.54) is 6.07 Å². The van der Waals surface area contributed by atoms with Gasteiger partial charge >= 0.3 is 0 Å². The van der Waals surface area contributed by atoms with E-state index in [9.17, 15) is 9.18 Å². The Morgan fingerprint density at radius 1 is 1.38 bits per heavy atom. The van der Waals surface area contributed by atoms with Crippen molar-refractivity contribution in [3.8, 4) is 0 Å². The SMILES string of the molecule is Cc1c(C(=O)NC2CCc3nnc(C)n3C2)oc2c(F)cccc12. The number of nitrogens with one attached hydrogen (secondary N) is 1. The number of nitrogens with zero attached hydrogens (tertiary/aromatic N) is 3. The minimum Gasteiger partial charge on any atom is -0.448 e. The average molecular weight is 328 g/mol. The Kier molecular flexibility index (Phi) is 3.37. The molecule has 1 unspecified atom stereocenters. The minimum absolute atomic E-state index is 0.0304. The van der Waals surface area contributed by atoms with Crippen LogP contribution in [0.25, 0.3) is 11.0 Å². The quantitative estimate of drug-likeness (QED) is 0.784. The smallest absolute Gasteiger partial charge is 0.287 e. The van der Waals surface area contributed by atoms with Crippen molar-refractivity contribution in [1.82, 2.24) is 20.1 Å². The maximum atomic E-state index is 13.8. The van der Waals surface area contributed by atoms with Crippen molar-refractivity contribution in [1.29, 1.82) is 0 Å². The lowest BCUT2D eigenvalue weighted by Crippen LogP contribution is -2.41. The molecule has 0 fully saturated rings. The number of para-hydroxylation sites is 1. The Balaban J connectivity index is 1.58. The molecular formula is C17H17FN4O2. The number of carbonyl (C=O) groups excluding carboxylic acids is 1. The first-order chi connectivity index (χ1) is 11.5. The van der Waals surface area contributed by atoms with E-state index in [1.54, 1.807) is 19.1 Å². The zero-order valence-electron chi connectivity index (χ0n) is 13.5. The number of furan rings is 1. The normalized spacial score (nSPS) is 17.0. The molecule has 0 bridgehead atoms. The molecule has 1 amide bonds. The van der Waals surface area contributed by atoms with Gasteiger partial charge in [-0.2, -0.15) is 0 Å². The molecule has 1 aliphatic heterocycles. The lowest BCUT2D eigenvalue weighted by atomic mass is 10.1. The van der Waals surface area contributed by atoms with Crippen LogP contribution in [0.2, 0.25) is 0 Å². The number of benzene rings is 1. The van der Waals surface area contributed by atoms with E-state index < -0.39 is 5.82 Å². The standard InChI is InChI=1S/C17H17FN4O2/c1-9-12-4-3-5-13(18)16(12)24-15(9)17(23)19-11-6-7-14-21-20-10(2)22(14)8-11/h3-5,11H,6-8H2,1-2H3,(H,19,23). The summed E-state index contributed by atoms with van der Waals surface area (Å²) in [4.78, 5) is 12.6. The topological polar surface area (TPSA) is 73.0 Å². The molecule has 2 aromatic heterocycles. The Morgan fingerprint density at radius 3 is 3.00 bits per heavy atom. The number of rotatable bonds is 2. The van der Waals surface area contributed by atoms with Crippen LogP contribution >= 0.6 is 0 Å². The maximum Gasteiger partial charge on any atom is 0.287 e. The third kappa shape index (κ3) is 2.28. The van der Waals surface area contributed by atoms with E-state index in [2.05, 4.69) is 15.5 Å². The van der Waals surface area contributed by atoms with E-state index in [-0.39, 0.29) is 23.3 Å². The van der Waals surface area contributed by atoms with Crippen LogP contribution < -0.4 is 5.32 Å². The van der Waals surface area contributed by atoms with Crippen LogP contribution in [0.1, 0.15) is 34.2 Å². The molecule has 0 radical (unpaired) electrons. The van der Waals surface area contributed by atoms with Crippen molar-refractivity contribution in [3.05, 3.63) is 47.0 Å². The van der Waals surface area contributed by atoms with Crippen molar-refractivity contribution in [2.75, 3.05) is 0 Å². The first kappa shape index (κ1) is 14.9. The van der Waals surface area contributed by atoms with E-state index >= 15 is 0 Å². The highest BCUT2D eigenvalue weighted by Gasteiger charge is 2.26. The summed E-state index contributed by atoms with van der Waals surface area (Å²) < 4.78 is 21.3. The van der Waals surface area contributed by atoms with Gasteiger partial charge in [-0.3, -0.25) is 4.79 Å². The molecule has 4 rings (SSSR count). The third-order valence-electron chi connectivity index (χ3n) is 4.59. The van der Waals surface area contributed by atoms with Gasteiger partial charge in [-0.15, -0.1) is 10.2 Å². The lowest BCUT2D eigenvalue weighted by Gasteiger charge is -2.24. The first-order valence-corrected chi connectivity index (χ1v) is 7.91. The fraction of sp³-hybridized carbons (Fsp3) is 0.353.